The van der Waals surface area contributed by atoms with E-state index in [1.165, 1.54) is 18.4 Å². The van der Waals surface area contributed by atoms with Crippen molar-refractivity contribution in [3.05, 3.63) is 23.9 Å². The lowest BCUT2D eigenvalue weighted by Crippen LogP contribution is -1.69. The molecule has 0 aliphatic carbocycles. The van der Waals surface area contributed by atoms with Crippen molar-refractivity contribution in [1.29, 1.82) is 5.26 Å². The summed E-state index contributed by atoms with van der Waals surface area (Å²) in [5, 5.41) is 8.13. The van der Waals surface area contributed by atoms with Gasteiger partial charge in [0.2, 0.25) is 5.89 Å². The first-order valence-electron chi connectivity index (χ1n) is 2.81. The fraction of sp³-hybridized carbons (Fsp3) is 0.143. The van der Waals surface area contributed by atoms with Crippen LogP contribution in [0.1, 0.15) is 11.6 Å². The molecule has 1 heterocycles. The topological polar surface area (TPSA) is 49.8 Å². The standard InChI is InChI=1S/C7H6N2O/c1-6-5-10-7(9-6)3-2-4-8/h2-3,5H,1H3/b3-2+. The summed E-state index contributed by atoms with van der Waals surface area (Å²) in [4.78, 5) is 3.94. The van der Waals surface area contributed by atoms with E-state index in [0.29, 0.717) is 5.89 Å². The van der Waals surface area contributed by atoms with Gasteiger partial charge in [-0.25, -0.2) is 4.98 Å². The Kier molecular flexibility index (Phi) is 1.86. The van der Waals surface area contributed by atoms with E-state index in [2.05, 4.69) is 4.98 Å². The van der Waals surface area contributed by atoms with Crippen molar-refractivity contribution in [1.82, 2.24) is 4.98 Å². The Labute approximate surface area is 58.6 Å². The maximum absolute atomic E-state index is 8.13. The Morgan fingerprint density at radius 1 is 1.80 bits per heavy atom. The summed E-state index contributed by atoms with van der Waals surface area (Å²) >= 11 is 0. The van der Waals surface area contributed by atoms with E-state index in [1.807, 2.05) is 13.0 Å². The number of aromatic nitrogens is 1. The van der Waals surface area contributed by atoms with Crippen LogP contribution in [0.4, 0.5) is 0 Å². The number of rotatable bonds is 1. The van der Waals surface area contributed by atoms with Crippen molar-refractivity contribution in [3.63, 3.8) is 0 Å². The third-order valence-electron chi connectivity index (χ3n) is 0.937. The van der Waals surface area contributed by atoms with Gasteiger partial charge in [0.05, 0.1) is 11.8 Å². The van der Waals surface area contributed by atoms with Gasteiger partial charge in [-0.1, -0.05) is 0 Å². The molecule has 1 aromatic rings. The fourth-order valence-corrected chi connectivity index (χ4v) is 0.557. The highest BCUT2D eigenvalue weighted by atomic mass is 16.3. The van der Waals surface area contributed by atoms with Gasteiger partial charge >= 0.3 is 0 Å². The Hall–Kier alpha value is -1.56. The normalized spacial score (nSPS) is 10.0. The summed E-state index contributed by atoms with van der Waals surface area (Å²) in [7, 11) is 0. The maximum atomic E-state index is 8.13. The van der Waals surface area contributed by atoms with Gasteiger partial charge in [0.15, 0.2) is 0 Å². The van der Waals surface area contributed by atoms with E-state index in [1.54, 1.807) is 0 Å². The molecule has 0 aliphatic heterocycles. The van der Waals surface area contributed by atoms with Crippen LogP contribution >= 0.6 is 0 Å². The third kappa shape index (κ3) is 1.46. The lowest BCUT2D eigenvalue weighted by Gasteiger charge is -1.74. The van der Waals surface area contributed by atoms with Gasteiger partial charge in [-0.2, -0.15) is 5.26 Å². The van der Waals surface area contributed by atoms with Crippen LogP contribution in [0.2, 0.25) is 0 Å². The molecule has 0 atom stereocenters. The first-order valence-corrected chi connectivity index (χ1v) is 2.81. The number of aryl methyl sites for hydroxylation is 1. The minimum Gasteiger partial charge on any atom is -0.445 e. The number of oxazole rings is 1. The Balaban J connectivity index is 2.78. The summed E-state index contributed by atoms with van der Waals surface area (Å²) in [5.74, 6) is 0.471. The first-order chi connectivity index (χ1) is 4.83. The van der Waals surface area contributed by atoms with E-state index >= 15 is 0 Å². The molecule has 1 aromatic heterocycles. The summed E-state index contributed by atoms with van der Waals surface area (Å²) in [5.41, 5.74) is 0.817. The van der Waals surface area contributed by atoms with Crippen LogP contribution in [0.5, 0.6) is 0 Å². The summed E-state index contributed by atoms with van der Waals surface area (Å²) in [6.07, 6.45) is 4.38. The van der Waals surface area contributed by atoms with Crippen LogP contribution in [0.25, 0.3) is 6.08 Å². The monoisotopic (exact) mass is 134 g/mol. The highest BCUT2D eigenvalue weighted by molar-refractivity contribution is 5.41. The van der Waals surface area contributed by atoms with E-state index in [9.17, 15) is 0 Å². The molecule has 0 aromatic carbocycles. The molecule has 0 aliphatic rings. The molecule has 0 fully saturated rings. The Morgan fingerprint density at radius 3 is 3.10 bits per heavy atom. The molecule has 0 N–H and O–H groups in total. The second kappa shape index (κ2) is 2.83. The maximum Gasteiger partial charge on any atom is 0.219 e. The Morgan fingerprint density at radius 2 is 2.60 bits per heavy atom. The largest absolute Gasteiger partial charge is 0.445 e. The van der Waals surface area contributed by atoms with E-state index in [0.717, 1.165) is 5.69 Å². The van der Waals surface area contributed by atoms with Gasteiger partial charge < -0.3 is 4.42 Å². The highest BCUT2D eigenvalue weighted by Crippen LogP contribution is 2.01. The predicted octanol–water partition coefficient (Wildman–Crippen LogP) is 1.52. The average molecular weight is 134 g/mol. The smallest absolute Gasteiger partial charge is 0.219 e. The van der Waals surface area contributed by atoms with Crippen LogP contribution in [-0.4, -0.2) is 4.98 Å². The first kappa shape index (κ1) is 6.56. The zero-order valence-electron chi connectivity index (χ0n) is 5.53. The second-order valence-corrected chi connectivity index (χ2v) is 1.79. The molecule has 0 saturated carbocycles. The van der Waals surface area contributed by atoms with Gasteiger partial charge in [-0.15, -0.1) is 0 Å². The lowest BCUT2D eigenvalue weighted by molar-refractivity contribution is 0.546. The van der Waals surface area contributed by atoms with Crippen molar-refractivity contribution >= 4 is 6.08 Å². The molecule has 0 radical (unpaired) electrons. The summed E-state index contributed by atoms with van der Waals surface area (Å²) in [6, 6.07) is 1.84. The van der Waals surface area contributed by atoms with Crippen LogP contribution in [0.3, 0.4) is 0 Å². The molecule has 0 saturated heterocycles. The molecule has 0 spiro atoms. The van der Waals surface area contributed by atoms with Crippen LogP contribution in [-0.2, 0) is 0 Å². The van der Waals surface area contributed by atoms with Crippen LogP contribution in [0, 0.1) is 18.3 Å². The molecule has 50 valence electrons. The van der Waals surface area contributed by atoms with Gasteiger partial charge in [0, 0.05) is 12.2 Å². The van der Waals surface area contributed by atoms with E-state index in [4.69, 9.17) is 9.68 Å². The van der Waals surface area contributed by atoms with Gasteiger partial charge in [-0.05, 0) is 6.92 Å². The molecule has 0 amide bonds. The van der Waals surface area contributed by atoms with Gasteiger partial charge in [0.1, 0.15) is 6.26 Å². The fourth-order valence-electron chi connectivity index (χ4n) is 0.557. The molecule has 3 nitrogen and oxygen atoms in total. The molecule has 3 heteroatoms. The number of nitriles is 1. The molecule has 0 unspecified atom stereocenters. The lowest BCUT2D eigenvalue weighted by atomic mass is 10.5. The summed E-state index contributed by atoms with van der Waals surface area (Å²) in [6.45, 7) is 1.83. The second-order valence-electron chi connectivity index (χ2n) is 1.79. The molecular weight excluding hydrogens is 128 g/mol. The molecule has 1 rings (SSSR count). The van der Waals surface area contributed by atoms with E-state index in [-0.39, 0.29) is 0 Å². The molecule has 0 bridgehead atoms. The minimum atomic E-state index is 0.471. The zero-order chi connectivity index (χ0) is 7.40. The molecule has 10 heavy (non-hydrogen) atoms. The zero-order valence-corrected chi connectivity index (χ0v) is 5.53. The third-order valence-corrected chi connectivity index (χ3v) is 0.937. The highest BCUT2D eigenvalue weighted by Gasteiger charge is 1.92. The predicted molar refractivity (Wildman–Crippen MR) is 35.9 cm³/mol. The summed E-state index contributed by atoms with van der Waals surface area (Å²) < 4.78 is 4.92. The van der Waals surface area contributed by atoms with Crippen LogP contribution in [0.15, 0.2) is 16.8 Å². The van der Waals surface area contributed by atoms with Crippen molar-refractivity contribution in [2.45, 2.75) is 6.92 Å². The van der Waals surface area contributed by atoms with Crippen LogP contribution < -0.4 is 0 Å². The molecular formula is C7H6N2O. The number of hydrogen-bond acceptors (Lipinski definition) is 3. The average Bonchev–Trinajstić information content (AvgIpc) is 2.31. The van der Waals surface area contributed by atoms with Gasteiger partial charge in [0.25, 0.3) is 0 Å². The van der Waals surface area contributed by atoms with Crippen molar-refractivity contribution in [3.8, 4) is 6.07 Å². The van der Waals surface area contributed by atoms with Crippen molar-refractivity contribution in [2.75, 3.05) is 0 Å². The Bertz CT molecular complexity index is 280. The van der Waals surface area contributed by atoms with E-state index < -0.39 is 0 Å². The van der Waals surface area contributed by atoms with Crippen molar-refractivity contribution < 1.29 is 4.42 Å². The number of allylic oxidation sites excluding steroid dienone is 1. The SMILES string of the molecule is Cc1coc(/C=C/C#N)n1. The van der Waals surface area contributed by atoms with Gasteiger partial charge in [-0.3, -0.25) is 0 Å². The quantitative estimate of drug-likeness (QED) is 0.547. The number of nitrogens with zero attached hydrogens (tertiary/aromatic N) is 2. The minimum absolute atomic E-state index is 0.471. The van der Waals surface area contributed by atoms with Crippen molar-refractivity contribution in [2.24, 2.45) is 0 Å². The number of hydrogen-bond donors (Lipinski definition) is 0.